The number of benzene rings is 5. The van der Waals surface area contributed by atoms with Gasteiger partial charge in [-0.25, -0.2) is 0 Å². The van der Waals surface area contributed by atoms with Crippen molar-refractivity contribution in [3.8, 4) is 0 Å². The molecular weight excluding hydrogens is 416 g/mol. The van der Waals surface area contributed by atoms with Crippen molar-refractivity contribution in [2.75, 3.05) is 0 Å². The minimum atomic E-state index is -0.758. The van der Waals surface area contributed by atoms with E-state index in [0.29, 0.717) is 6.42 Å². The van der Waals surface area contributed by atoms with Gasteiger partial charge in [0.25, 0.3) is 0 Å². The largest absolute Gasteiger partial charge is 0.481 e. The highest BCUT2D eigenvalue weighted by Crippen LogP contribution is 2.45. The molecule has 0 radical (unpaired) electrons. The molecule has 1 unspecified atom stereocenters. The van der Waals surface area contributed by atoms with Gasteiger partial charge in [-0.2, -0.15) is 0 Å². The number of carboxylic acids is 1. The molecule has 0 bridgehead atoms. The highest BCUT2D eigenvalue weighted by atomic mass is 16.4. The van der Waals surface area contributed by atoms with Crippen LogP contribution in [0.5, 0.6) is 0 Å². The smallest absolute Gasteiger partial charge is 0.310 e. The molecule has 1 atom stereocenters. The molecule has 0 aliphatic rings. The van der Waals surface area contributed by atoms with Crippen molar-refractivity contribution in [1.29, 1.82) is 0 Å². The predicted octanol–water partition coefficient (Wildman–Crippen LogP) is 8.91. The third kappa shape index (κ3) is 3.35. The minimum Gasteiger partial charge on any atom is -0.481 e. The summed E-state index contributed by atoms with van der Waals surface area (Å²) in [6.07, 6.45) is 0.572. The first-order valence-electron chi connectivity index (χ1n) is 12.3. The van der Waals surface area contributed by atoms with Crippen LogP contribution in [-0.4, -0.2) is 11.1 Å². The summed E-state index contributed by atoms with van der Waals surface area (Å²) in [5, 5.41) is 19.7. The van der Waals surface area contributed by atoms with Gasteiger partial charge in [0.05, 0.1) is 5.92 Å². The van der Waals surface area contributed by atoms with Crippen LogP contribution in [0.25, 0.3) is 43.1 Å². The third-order valence-corrected chi connectivity index (χ3v) is 7.52. The Morgan fingerprint density at radius 2 is 1.26 bits per heavy atom. The van der Waals surface area contributed by atoms with Crippen LogP contribution in [0.2, 0.25) is 0 Å². The van der Waals surface area contributed by atoms with E-state index in [9.17, 15) is 9.90 Å². The molecule has 5 rings (SSSR count). The van der Waals surface area contributed by atoms with Gasteiger partial charge < -0.3 is 5.11 Å². The van der Waals surface area contributed by atoms with Gasteiger partial charge in [-0.1, -0.05) is 90.9 Å². The maximum absolute atomic E-state index is 12.1. The first-order chi connectivity index (χ1) is 15.9. The molecule has 0 saturated carbocycles. The lowest BCUT2D eigenvalue weighted by atomic mass is 9.78. The van der Waals surface area contributed by atoms with E-state index >= 15 is 0 Å². The van der Waals surface area contributed by atoms with Gasteiger partial charge in [0.15, 0.2) is 0 Å². The second-order valence-corrected chi connectivity index (χ2v) is 11.9. The third-order valence-electron chi connectivity index (χ3n) is 7.52. The molecule has 0 spiro atoms. The Morgan fingerprint density at radius 1 is 0.735 bits per heavy atom. The minimum absolute atomic E-state index is 0.0230. The van der Waals surface area contributed by atoms with Crippen LogP contribution in [0.15, 0.2) is 54.6 Å². The van der Waals surface area contributed by atoms with Crippen molar-refractivity contribution in [3.05, 3.63) is 71.3 Å². The maximum Gasteiger partial charge on any atom is 0.310 e. The summed E-state index contributed by atoms with van der Waals surface area (Å²) in [6.45, 7) is 15.6. The van der Waals surface area contributed by atoms with Crippen molar-refractivity contribution in [3.63, 3.8) is 0 Å². The van der Waals surface area contributed by atoms with E-state index < -0.39 is 11.9 Å². The predicted molar refractivity (Wildman–Crippen MR) is 146 cm³/mol. The van der Waals surface area contributed by atoms with E-state index in [1.807, 2.05) is 13.0 Å². The van der Waals surface area contributed by atoms with Crippen LogP contribution in [0.1, 0.15) is 77.5 Å². The molecule has 0 aromatic heterocycles. The van der Waals surface area contributed by atoms with Crippen molar-refractivity contribution in [2.24, 2.45) is 0 Å². The van der Waals surface area contributed by atoms with E-state index in [0.717, 1.165) is 10.9 Å². The number of carboxylic acid groups (broad SMARTS) is 1. The van der Waals surface area contributed by atoms with Crippen LogP contribution in [0, 0.1) is 0 Å². The summed E-state index contributed by atoms with van der Waals surface area (Å²) < 4.78 is 0. The van der Waals surface area contributed by atoms with Crippen LogP contribution < -0.4 is 0 Å². The zero-order valence-corrected chi connectivity index (χ0v) is 21.3. The highest BCUT2D eigenvalue weighted by molar-refractivity contribution is 6.33. The molecule has 174 valence electrons. The molecule has 0 saturated heterocycles. The number of carbonyl (C=O) groups is 1. The van der Waals surface area contributed by atoms with Crippen LogP contribution in [-0.2, 0) is 15.6 Å². The first-order valence-corrected chi connectivity index (χ1v) is 12.3. The fraction of sp³-hybridized carbons (Fsp3) is 0.344. The normalized spacial score (nSPS) is 14.0. The Hall–Kier alpha value is -3.13. The van der Waals surface area contributed by atoms with Gasteiger partial charge in [-0.3, -0.25) is 4.79 Å². The zero-order valence-electron chi connectivity index (χ0n) is 21.3. The number of fused-ring (bicyclic) bond motifs is 2. The molecule has 34 heavy (non-hydrogen) atoms. The zero-order chi connectivity index (χ0) is 24.6. The summed E-state index contributed by atoms with van der Waals surface area (Å²) in [5.41, 5.74) is 3.60. The summed E-state index contributed by atoms with van der Waals surface area (Å²) in [5.74, 6) is -1.26. The summed E-state index contributed by atoms with van der Waals surface area (Å²) in [4.78, 5) is 12.1. The van der Waals surface area contributed by atoms with Gasteiger partial charge in [0.1, 0.15) is 0 Å². The molecule has 0 fully saturated rings. The Balaban J connectivity index is 2.06. The SMILES string of the molecule is CCC(C(=O)O)c1ccc2c3cc(C(C)(C)C)cc4cc(C(C)(C)C)cc(c5cccc1c52)c43. The van der Waals surface area contributed by atoms with Gasteiger partial charge in [-0.15, -0.1) is 0 Å². The quantitative estimate of drug-likeness (QED) is 0.220. The van der Waals surface area contributed by atoms with E-state index in [1.165, 1.54) is 48.8 Å². The topological polar surface area (TPSA) is 37.3 Å². The molecule has 2 heteroatoms. The molecule has 0 amide bonds. The summed E-state index contributed by atoms with van der Waals surface area (Å²) in [7, 11) is 0. The van der Waals surface area contributed by atoms with Crippen molar-refractivity contribution in [1.82, 2.24) is 0 Å². The highest BCUT2D eigenvalue weighted by Gasteiger charge is 2.25. The second-order valence-electron chi connectivity index (χ2n) is 11.9. The molecule has 2 nitrogen and oxygen atoms in total. The van der Waals surface area contributed by atoms with E-state index in [2.05, 4.69) is 90.1 Å². The monoisotopic (exact) mass is 450 g/mol. The maximum atomic E-state index is 12.1. The molecule has 0 aliphatic heterocycles. The van der Waals surface area contributed by atoms with Gasteiger partial charge >= 0.3 is 5.97 Å². The van der Waals surface area contributed by atoms with Crippen LogP contribution in [0.4, 0.5) is 0 Å². The Bertz CT molecular complexity index is 1510. The fourth-order valence-electron chi connectivity index (χ4n) is 5.52. The average Bonchev–Trinajstić information content (AvgIpc) is 2.76. The summed E-state index contributed by atoms with van der Waals surface area (Å²) in [6, 6.07) is 20.1. The summed E-state index contributed by atoms with van der Waals surface area (Å²) >= 11 is 0. The number of hydrogen-bond acceptors (Lipinski definition) is 1. The number of aliphatic carboxylic acids is 1. The van der Waals surface area contributed by atoms with E-state index in [1.54, 1.807) is 0 Å². The fourth-order valence-corrected chi connectivity index (χ4v) is 5.52. The standard InChI is InChI=1S/C32H34O2/c1-8-21(30(33)34)22-12-13-25-27-17-20(32(5,6)7)15-18-14-19(31(2,3)4)16-26(28(18)27)24-11-9-10-23(22)29(24)25/h9-17,21H,8H2,1-7H3,(H,33,34). The van der Waals surface area contributed by atoms with Crippen molar-refractivity contribution < 1.29 is 9.90 Å². The average molecular weight is 451 g/mol. The van der Waals surface area contributed by atoms with E-state index in [-0.39, 0.29) is 10.8 Å². The number of rotatable bonds is 3. The molecule has 1 N–H and O–H groups in total. The lowest BCUT2D eigenvalue weighted by Gasteiger charge is -2.26. The second kappa shape index (κ2) is 7.43. The van der Waals surface area contributed by atoms with Gasteiger partial charge in [0.2, 0.25) is 0 Å². The van der Waals surface area contributed by atoms with Gasteiger partial charge in [-0.05, 0) is 89.2 Å². The lowest BCUT2D eigenvalue weighted by molar-refractivity contribution is -0.138. The van der Waals surface area contributed by atoms with E-state index in [4.69, 9.17) is 0 Å². The van der Waals surface area contributed by atoms with Crippen LogP contribution in [0.3, 0.4) is 0 Å². The van der Waals surface area contributed by atoms with Crippen molar-refractivity contribution in [2.45, 2.75) is 71.6 Å². The first kappa shape index (κ1) is 22.7. The Labute approximate surface area is 201 Å². The molecular formula is C32H34O2. The molecule has 5 aromatic rings. The van der Waals surface area contributed by atoms with Crippen LogP contribution >= 0.6 is 0 Å². The number of hydrogen-bond donors (Lipinski definition) is 1. The molecule has 0 heterocycles. The molecule has 0 aliphatic carbocycles. The Morgan fingerprint density at radius 3 is 1.76 bits per heavy atom. The Kier molecular flexibility index (Phi) is 4.95. The van der Waals surface area contributed by atoms with Gasteiger partial charge in [0, 0.05) is 0 Å². The molecule has 5 aromatic carbocycles. The lowest BCUT2D eigenvalue weighted by Crippen LogP contribution is -2.13. The van der Waals surface area contributed by atoms with Crippen molar-refractivity contribution >= 4 is 49.1 Å².